The zero-order valence-corrected chi connectivity index (χ0v) is 12.6. The number of aromatic nitrogens is 1. The van der Waals surface area contributed by atoms with Gasteiger partial charge in [-0.25, -0.2) is 4.98 Å². The first-order valence-corrected chi connectivity index (χ1v) is 7.71. The number of thiazole rings is 1. The number of nitrogens with zero attached hydrogens (tertiary/aromatic N) is 1. The Labute approximate surface area is 123 Å². The lowest BCUT2D eigenvalue weighted by Gasteiger charge is -2.14. The molecule has 2 aromatic carbocycles. The summed E-state index contributed by atoms with van der Waals surface area (Å²) in [5.74, 6) is 0. The van der Waals surface area contributed by atoms with E-state index in [4.69, 9.17) is 0 Å². The molecular weight excluding hydrogens is 264 g/mol. The maximum Gasteiger partial charge on any atom is 0.0898 e. The van der Waals surface area contributed by atoms with E-state index in [0.717, 1.165) is 17.1 Å². The Hall–Kier alpha value is -1.71. The van der Waals surface area contributed by atoms with Crippen molar-refractivity contribution in [2.24, 2.45) is 0 Å². The molecule has 0 amide bonds. The fraction of sp³-hybridized carbons (Fsp3) is 0.235. The van der Waals surface area contributed by atoms with Gasteiger partial charge in [0.1, 0.15) is 0 Å². The van der Waals surface area contributed by atoms with Crippen molar-refractivity contribution in [2.45, 2.75) is 19.4 Å². The maximum atomic E-state index is 4.60. The molecule has 3 aromatic rings. The third kappa shape index (κ3) is 2.74. The van der Waals surface area contributed by atoms with Crippen molar-refractivity contribution >= 4 is 22.1 Å². The Morgan fingerprint density at radius 3 is 2.65 bits per heavy atom. The lowest BCUT2D eigenvalue weighted by Crippen LogP contribution is -2.19. The predicted octanol–water partition coefficient (Wildman–Crippen LogP) is 4.11. The van der Waals surface area contributed by atoms with Crippen LogP contribution < -0.4 is 5.32 Å². The first kappa shape index (κ1) is 13.3. The molecule has 1 heterocycles. The van der Waals surface area contributed by atoms with Crippen molar-refractivity contribution in [2.75, 3.05) is 7.05 Å². The molecule has 0 radical (unpaired) electrons. The van der Waals surface area contributed by atoms with Gasteiger partial charge in [-0.3, -0.25) is 0 Å². The van der Waals surface area contributed by atoms with Gasteiger partial charge in [0.05, 0.1) is 16.7 Å². The van der Waals surface area contributed by atoms with Crippen LogP contribution in [0.3, 0.4) is 0 Å². The molecule has 0 aliphatic carbocycles. The Morgan fingerprint density at radius 1 is 1.15 bits per heavy atom. The predicted molar refractivity (Wildman–Crippen MR) is 86.3 cm³/mol. The number of benzene rings is 2. The van der Waals surface area contributed by atoms with Crippen LogP contribution in [0, 0.1) is 6.92 Å². The highest BCUT2D eigenvalue weighted by atomic mass is 32.1. The highest BCUT2D eigenvalue weighted by molar-refractivity contribution is 7.09. The Morgan fingerprint density at radius 2 is 1.95 bits per heavy atom. The molecule has 102 valence electrons. The lowest BCUT2D eigenvalue weighted by atomic mass is 10.0. The van der Waals surface area contributed by atoms with Crippen molar-refractivity contribution < 1.29 is 0 Å². The molecule has 1 atom stereocenters. The van der Waals surface area contributed by atoms with E-state index >= 15 is 0 Å². The van der Waals surface area contributed by atoms with Gasteiger partial charge in [0.25, 0.3) is 0 Å². The Balaban J connectivity index is 1.87. The van der Waals surface area contributed by atoms with Crippen LogP contribution in [0.5, 0.6) is 0 Å². The van der Waals surface area contributed by atoms with Crippen molar-refractivity contribution in [3.63, 3.8) is 0 Å². The molecule has 3 heteroatoms. The average Bonchev–Trinajstić information content (AvgIpc) is 2.91. The monoisotopic (exact) mass is 282 g/mol. The van der Waals surface area contributed by atoms with E-state index in [1.54, 1.807) is 11.3 Å². The van der Waals surface area contributed by atoms with Crippen LogP contribution in [0.2, 0.25) is 0 Å². The van der Waals surface area contributed by atoms with Crippen molar-refractivity contribution in [1.29, 1.82) is 0 Å². The van der Waals surface area contributed by atoms with E-state index in [9.17, 15) is 0 Å². The fourth-order valence-corrected chi connectivity index (χ4v) is 3.16. The number of nitrogens with one attached hydrogen (secondary N) is 1. The number of hydrogen-bond donors (Lipinski definition) is 1. The fourth-order valence-electron chi connectivity index (χ4n) is 2.50. The van der Waals surface area contributed by atoms with Crippen molar-refractivity contribution in [3.05, 3.63) is 64.1 Å². The van der Waals surface area contributed by atoms with Crippen LogP contribution in [-0.4, -0.2) is 12.0 Å². The highest BCUT2D eigenvalue weighted by Crippen LogP contribution is 2.22. The van der Waals surface area contributed by atoms with Crippen LogP contribution >= 0.6 is 11.3 Å². The summed E-state index contributed by atoms with van der Waals surface area (Å²) in [6.07, 6.45) is 0.963. The van der Waals surface area contributed by atoms with Crippen LogP contribution in [0.4, 0.5) is 0 Å². The standard InChI is InChI=1S/C17H18N2S/c1-12-19-17(11-20-12)16(18-2)10-13-7-8-14-5-3-4-6-15(14)9-13/h3-9,11,16,18H,10H2,1-2H3. The molecule has 3 rings (SSSR count). The molecule has 1 aromatic heterocycles. The average molecular weight is 282 g/mol. The summed E-state index contributed by atoms with van der Waals surface area (Å²) in [6.45, 7) is 2.05. The normalized spacial score (nSPS) is 12.7. The second kappa shape index (κ2) is 5.73. The topological polar surface area (TPSA) is 24.9 Å². The molecule has 0 aliphatic rings. The summed E-state index contributed by atoms with van der Waals surface area (Å²) in [5.41, 5.74) is 2.48. The summed E-state index contributed by atoms with van der Waals surface area (Å²) < 4.78 is 0. The Kier molecular flexibility index (Phi) is 3.81. The van der Waals surface area contributed by atoms with Crippen LogP contribution in [-0.2, 0) is 6.42 Å². The van der Waals surface area contributed by atoms with E-state index in [2.05, 4.69) is 65.1 Å². The van der Waals surface area contributed by atoms with Gasteiger partial charge in [0.2, 0.25) is 0 Å². The molecule has 0 spiro atoms. The third-order valence-electron chi connectivity index (χ3n) is 3.60. The quantitative estimate of drug-likeness (QED) is 0.779. The van der Waals surface area contributed by atoms with Gasteiger partial charge < -0.3 is 5.32 Å². The minimum atomic E-state index is 0.279. The number of rotatable bonds is 4. The van der Waals surface area contributed by atoms with Crippen molar-refractivity contribution in [3.8, 4) is 0 Å². The zero-order chi connectivity index (χ0) is 13.9. The van der Waals surface area contributed by atoms with Crippen molar-refractivity contribution in [1.82, 2.24) is 10.3 Å². The Bertz CT molecular complexity index is 718. The second-order valence-corrected chi connectivity index (χ2v) is 6.08. The molecule has 2 nitrogen and oxygen atoms in total. The van der Waals surface area contributed by atoms with Crippen LogP contribution in [0.25, 0.3) is 10.8 Å². The van der Waals surface area contributed by atoms with Gasteiger partial charge >= 0.3 is 0 Å². The number of likely N-dealkylation sites (N-methyl/N-ethyl adjacent to an activating group) is 1. The van der Waals surface area contributed by atoms with E-state index in [0.29, 0.717) is 0 Å². The summed E-state index contributed by atoms with van der Waals surface area (Å²) in [6, 6.07) is 15.5. The first-order chi connectivity index (χ1) is 9.76. The molecule has 0 aliphatic heterocycles. The largest absolute Gasteiger partial charge is 0.311 e. The summed E-state index contributed by atoms with van der Waals surface area (Å²) in [7, 11) is 2.00. The number of fused-ring (bicyclic) bond motifs is 1. The molecule has 1 unspecified atom stereocenters. The van der Waals surface area contributed by atoms with E-state index in [1.165, 1.54) is 16.3 Å². The minimum Gasteiger partial charge on any atom is -0.311 e. The second-order valence-electron chi connectivity index (χ2n) is 5.02. The van der Waals surface area contributed by atoms with E-state index in [1.807, 2.05) is 7.05 Å². The smallest absolute Gasteiger partial charge is 0.0898 e. The first-order valence-electron chi connectivity index (χ1n) is 6.83. The van der Waals surface area contributed by atoms with Gasteiger partial charge in [0, 0.05) is 5.38 Å². The van der Waals surface area contributed by atoms with Gasteiger partial charge in [0.15, 0.2) is 0 Å². The minimum absolute atomic E-state index is 0.279. The van der Waals surface area contributed by atoms with E-state index < -0.39 is 0 Å². The molecule has 1 N–H and O–H groups in total. The van der Waals surface area contributed by atoms with Crippen LogP contribution in [0.15, 0.2) is 47.8 Å². The van der Waals surface area contributed by atoms with Gasteiger partial charge in [-0.15, -0.1) is 11.3 Å². The summed E-state index contributed by atoms with van der Waals surface area (Å²) in [5, 5.41) is 9.24. The molecule has 0 bridgehead atoms. The lowest BCUT2D eigenvalue weighted by molar-refractivity contribution is 0.578. The molecule has 0 fully saturated rings. The van der Waals surface area contributed by atoms with Crippen LogP contribution in [0.1, 0.15) is 22.3 Å². The van der Waals surface area contributed by atoms with E-state index in [-0.39, 0.29) is 6.04 Å². The zero-order valence-electron chi connectivity index (χ0n) is 11.8. The highest BCUT2D eigenvalue weighted by Gasteiger charge is 2.13. The van der Waals surface area contributed by atoms with Gasteiger partial charge in [-0.2, -0.15) is 0 Å². The SMILES string of the molecule is CNC(Cc1ccc2ccccc2c1)c1csc(C)n1. The van der Waals surface area contributed by atoms with Gasteiger partial charge in [-0.1, -0.05) is 42.5 Å². The third-order valence-corrected chi connectivity index (χ3v) is 4.39. The molecule has 0 saturated heterocycles. The molecular formula is C17H18N2S. The number of hydrogen-bond acceptors (Lipinski definition) is 3. The summed E-state index contributed by atoms with van der Waals surface area (Å²) in [4.78, 5) is 4.60. The molecule has 20 heavy (non-hydrogen) atoms. The van der Waals surface area contributed by atoms with Gasteiger partial charge in [-0.05, 0) is 36.7 Å². The summed E-state index contributed by atoms with van der Waals surface area (Å²) >= 11 is 1.71. The maximum absolute atomic E-state index is 4.60. The molecule has 0 saturated carbocycles. The number of aryl methyl sites for hydroxylation is 1.